The molecule has 1 unspecified atom stereocenters. The van der Waals surface area contributed by atoms with Gasteiger partial charge in [-0.2, -0.15) is 0 Å². The predicted molar refractivity (Wildman–Crippen MR) is 141 cm³/mol. The maximum Gasteiger partial charge on any atom is 0.137 e. The molecule has 2 fully saturated rings. The van der Waals surface area contributed by atoms with Crippen molar-refractivity contribution in [3.8, 4) is 22.4 Å². The van der Waals surface area contributed by atoms with Gasteiger partial charge in [-0.15, -0.1) is 0 Å². The molecule has 6 heteroatoms. The van der Waals surface area contributed by atoms with Crippen LogP contribution >= 0.6 is 0 Å². The first kappa shape index (κ1) is 20.6. The minimum absolute atomic E-state index is 0.698. The van der Waals surface area contributed by atoms with E-state index in [1.54, 1.807) is 0 Å². The van der Waals surface area contributed by atoms with Crippen LogP contribution in [0.15, 0.2) is 73.2 Å². The van der Waals surface area contributed by atoms with Gasteiger partial charge in [-0.1, -0.05) is 18.2 Å². The predicted octanol–water partition coefficient (Wildman–Crippen LogP) is 5.20. The van der Waals surface area contributed by atoms with Gasteiger partial charge in [0.25, 0.3) is 0 Å². The van der Waals surface area contributed by atoms with E-state index in [4.69, 9.17) is 15.0 Å². The Kier molecular flexibility index (Phi) is 4.81. The maximum atomic E-state index is 4.84. The van der Waals surface area contributed by atoms with Gasteiger partial charge < -0.3 is 4.90 Å². The highest BCUT2D eigenvalue weighted by atomic mass is 15.3. The van der Waals surface area contributed by atoms with Crippen LogP contribution < -0.4 is 4.90 Å². The Bertz CT molecular complexity index is 1540. The van der Waals surface area contributed by atoms with Crippen molar-refractivity contribution in [2.45, 2.75) is 25.8 Å². The lowest BCUT2D eigenvalue weighted by molar-refractivity contribution is 0.230. The Morgan fingerprint density at radius 1 is 0.886 bits per heavy atom. The van der Waals surface area contributed by atoms with E-state index in [-0.39, 0.29) is 0 Å². The summed E-state index contributed by atoms with van der Waals surface area (Å²) in [6.07, 6.45) is 8.73. The van der Waals surface area contributed by atoms with Crippen LogP contribution in [-0.4, -0.2) is 56.5 Å². The number of benzene rings is 1. The summed E-state index contributed by atoms with van der Waals surface area (Å²) >= 11 is 0. The number of aromatic nitrogens is 4. The molecule has 4 aromatic heterocycles. The number of para-hydroxylation sites is 1. The maximum absolute atomic E-state index is 4.84. The van der Waals surface area contributed by atoms with Gasteiger partial charge in [0.15, 0.2) is 0 Å². The van der Waals surface area contributed by atoms with Gasteiger partial charge in [0.1, 0.15) is 11.5 Å². The average Bonchev–Trinajstić information content (AvgIpc) is 3.54. The molecule has 2 aliphatic heterocycles. The van der Waals surface area contributed by atoms with Gasteiger partial charge in [-0.05, 0) is 68.3 Å². The molecule has 35 heavy (non-hydrogen) atoms. The van der Waals surface area contributed by atoms with Crippen LogP contribution in [0.1, 0.15) is 18.5 Å². The Morgan fingerprint density at radius 3 is 2.74 bits per heavy atom. The molecule has 0 N–H and O–H groups in total. The fraction of sp³-hybridized carbons (Fsp3) is 0.276. The summed E-state index contributed by atoms with van der Waals surface area (Å²) in [7, 11) is 0. The van der Waals surface area contributed by atoms with Crippen LogP contribution in [0.4, 0.5) is 5.82 Å². The SMILES string of the molecule is Cc1cc(-c2cnc3cc(-c4ccc(N5CCN6CCCC6C5)nc4)ccn23)c2ccccc2n1. The second-order valence-corrected chi connectivity index (χ2v) is 9.80. The summed E-state index contributed by atoms with van der Waals surface area (Å²) in [5, 5.41) is 1.14. The van der Waals surface area contributed by atoms with E-state index in [0.29, 0.717) is 6.04 Å². The third-order valence-electron chi connectivity index (χ3n) is 7.63. The smallest absolute Gasteiger partial charge is 0.137 e. The second kappa shape index (κ2) is 8.17. The molecule has 5 aromatic rings. The first-order valence-electron chi connectivity index (χ1n) is 12.5. The molecule has 0 saturated carbocycles. The Balaban J connectivity index is 1.19. The van der Waals surface area contributed by atoms with Crippen LogP contribution in [0.3, 0.4) is 0 Å². The Morgan fingerprint density at radius 2 is 1.83 bits per heavy atom. The zero-order valence-electron chi connectivity index (χ0n) is 19.9. The molecule has 174 valence electrons. The van der Waals surface area contributed by atoms with Crippen molar-refractivity contribution >= 4 is 22.4 Å². The van der Waals surface area contributed by atoms with Crippen LogP contribution in [0.5, 0.6) is 0 Å². The molecule has 1 atom stereocenters. The fourth-order valence-electron chi connectivity index (χ4n) is 5.82. The van der Waals surface area contributed by atoms with Crippen LogP contribution in [0.2, 0.25) is 0 Å². The number of pyridine rings is 3. The summed E-state index contributed by atoms with van der Waals surface area (Å²) in [6, 6.07) is 19.8. The molecule has 0 radical (unpaired) electrons. The molecule has 2 aliphatic rings. The third-order valence-corrected chi connectivity index (χ3v) is 7.63. The molecule has 1 aromatic carbocycles. The van der Waals surface area contributed by atoms with Crippen molar-refractivity contribution in [2.75, 3.05) is 31.1 Å². The molecule has 0 spiro atoms. The summed E-state index contributed by atoms with van der Waals surface area (Å²) in [5.74, 6) is 1.09. The lowest BCUT2D eigenvalue weighted by Gasteiger charge is -2.38. The third kappa shape index (κ3) is 3.56. The van der Waals surface area contributed by atoms with E-state index in [9.17, 15) is 0 Å². The molecule has 2 saturated heterocycles. The highest BCUT2D eigenvalue weighted by Gasteiger charge is 2.30. The van der Waals surface area contributed by atoms with E-state index < -0.39 is 0 Å². The first-order valence-corrected chi connectivity index (χ1v) is 12.5. The number of imidazole rings is 1. The number of aryl methyl sites for hydroxylation is 1. The van der Waals surface area contributed by atoms with Gasteiger partial charge in [-0.25, -0.2) is 9.97 Å². The topological polar surface area (TPSA) is 49.6 Å². The summed E-state index contributed by atoms with van der Waals surface area (Å²) < 4.78 is 2.16. The molecule has 6 nitrogen and oxygen atoms in total. The van der Waals surface area contributed by atoms with Crippen molar-refractivity contribution in [2.24, 2.45) is 0 Å². The number of fused-ring (bicyclic) bond motifs is 3. The summed E-state index contributed by atoms with van der Waals surface area (Å²) in [5.41, 5.74) is 7.42. The molecule has 6 heterocycles. The lowest BCUT2D eigenvalue weighted by Crippen LogP contribution is -2.50. The number of anilines is 1. The number of rotatable bonds is 3. The van der Waals surface area contributed by atoms with E-state index >= 15 is 0 Å². The minimum Gasteiger partial charge on any atom is -0.354 e. The van der Waals surface area contributed by atoms with Gasteiger partial charge in [0.2, 0.25) is 0 Å². The number of hydrogen-bond donors (Lipinski definition) is 0. The second-order valence-electron chi connectivity index (χ2n) is 9.80. The Labute approximate surface area is 204 Å². The van der Waals surface area contributed by atoms with E-state index in [0.717, 1.165) is 70.1 Å². The van der Waals surface area contributed by atoms with E-state index in [2.05, 4.69) is 68.9 Å². The fourth-order valence-corrected chi connectivity index (χ4v) is 5.82. The van der Waals surface area contributed by atoms with E-state index in [1.807, 2.05) is 25.4 Å². The van der Waals surface area contributed by atoms with Crippen molar-refractivity contribution in [3.05, 3.63) is 78.9 Å². The summed E-state index contributed by atoms with van der Waals surface area (Å²) in [4.78, 5) is 19.4. The van der Waals surface area contributed by atoms with Crippen LogP contribution in [-0.2, 0) is 0 Å². The highest BCUT2D eigenvalue weighted by Crippen LogP contribution is 2.31. The van der Waals surface area contributed by atoms with Gasteiger partial charge in [-0.3, -0.25) is 14.3 Å². The molecule has 0 bridgehead atoms. The highest BCUT2D eigenvalue weighted by molar-refractivity contribution is 5.94. The number of nitrogens with zero attached hydrogens (tertiary/aromatic N) is 6. The van der Waals surface area contributed by atoms with Crippen LogP contribution in [0, 0.1) is 6.92 Å². The number of hydrogen-bond acceptors (Lipinski definition) is 5. The zero-order chi connectivity index (χ0) is 23.4. The molecule has 0 aliphatic carbocycles. The molecular formula is C29H28N6. The van der Waals surface area contributed by atoms with Gasteiger partial charge in [0, 0.05) is 60.3 Å². The quantitative estimate of drug-likeness (QED) is 0.370. The lowest BCUT2D eigenvalue weighted by atomic mass is 10.1. The largest absolute Gasteiger partial charge is 0.354 e. The van der Waals surface area contributed by atoms with Gasteiger partial charge in [0.05, 0.1) is 17.4 Å². The minimum atomic E-state index is 0.698. The van der Waals surface area contributed by atoms with Gasteiger partial charge >= 0.3 is 0 Å². The number of piperazine rings is 1. The van der Waals surface area contributed by atoms with E-state index in [1.165, 1.54) is 19.4 Å². The summed E-state index contributed by atoms with van der Waals surface area (Å²) in [6.45, 7) is 6.62. The van der Waals surface area contributed by atoms with Crippen molar-refractivity contribution < 1.29 is 0 Å². The normalized spacial score (nSPS) is 18.4. The molecule has 0 amide bonds. The van der Waals surface area contributed by atoms with Crippen molar-refractivity contribution in [3.63, 3.8) is 0 Å². The first-order chi connectivity index (χ1) is 17.2. The van der Waals surface area contributed by atoms with Crippen LogP contribution in [0.25, 0.3) is 38.9 Å². The van der Waals surface area contributed by atoms with Crippen molar-refractivity contribution in [1.82, 2.24) is 24.3 Å². The average molecular weight is 461 g/mol. The molecule has 7 rings (SSSR count). The Hall–Kier alpha value is -3.77. The molecular weight excluding hydrogens is 432 g/mol. The standard InChI is InChI=1S/C29H28N6/c1-20-15-25(24-6-2-3-7-26(24)32-20)27-18-31-29-16-21(10-12-35(27)29)22-8-9-28(30-17-22)34-14-13-33-11-4-5-23(33)19-34/h2-3,6-10,12,15-18,23H,4-5,11,13-14,19H2,1H3. The van der Waals surface area contributed by atoms with Crippen molar-refractivity contribution in [1.29, 1.82) is 0 Å². The zero-order valence-corrected chi connectivity index (χ0v) is 19.9. The monoisotopic (exact) mass is 460 g/mol.